The molecular weight excluding hydrogens is 337 g/mol. The number of aliphatic hydroxyl groups is 1. The lowest BCUT2D eigenvalue weighted by Gasteiger charge is -2.28. The van der Waals surface area contributed by atoms with Crippen LogP contribution in [0.4, 0.5) is 10.1 Å². The Hall–Kier alpha value is -3.15. The summed E-state index contributed by atoms with van der Waals surface area (Å²) in [6, 6.07) is 10.6. The van der Waals surface area contributed by atoms with E-state index in [0.29, 0.717) is 0 Å². The van der Waals surface area contributed by atoms with Crippen LogP contribution in [0.1, 0.15) is 25.5 Å². The van der Waals surface area contributed by atoms with Crippen molar-refractivity contribution in [3.8, 4) is 5.75 Å². The number of phenols is 1. The second-order valence-corrected chi connectivity index (χ2v) is 6.37. The van der Waals surface area contributed by atoms with Crippen LogP contribution in [0.15, 0.2) is 59.9 Å². The fourth-order valence-electron chi connectivity index (χ4n) is 3.08. The van der Waals surface area contributed by atoms with Gasteiger partial charge in [-0.15, -0.1) is 0 Å². The Labute approximate surface area is 150 Å². The second kappa shape index (κ2) is 6.63. The van der Waals surface area contributed by atoms with Crippen molar-refractivity contribution in [2.75, 3.05) is 4.90 Å². The monoisotopic (exact) mass is 355 g/mol. The van der Waals surface area contributed by atoms with Crippen LogP contribution in [0.5, 0.6) is 5.75 Å². The molecule has 0 aliphatic carbocycles. The van der Waals surface area contributed by atoms with Crippen molar-refractivity contribution in [2.24, 2.45) is 5.92 Å². The van der Waals surface area contributed by atoms with Crippen LogP contribution in [0.3, 0.4) is 0 Å². The number of hydrogen-bond donors (Lipinski definition) is 2. The molecule has 0 radical (unpaired) electrons. The molecule has 5 nitrogen and oxygen atoms in total. The SMILES string of the molecule is CC(C)C(=O)C1=C(O)C(=O)N(c2ccccc2O)C1c1ccccc1F. The van der Waals surface area contributed by atoms with E-state index < -0.39 is 35.2 Å². The minimum Gasteiger partial charge on any atom is -0.506 e. The van der Waals surface area contributed by atoms with E-state index in [9.17, 15) is 24.2 Å². The van der Waals surface area contributed by atoms with Crippen molar-refractivity contribution >= 4 is 17.4 Å². The Morgan fingerprint density at radius 2 is 1.69 bits per heavy atom. The van der Waals surface area contributed by atoms with Crippen LogP contribution in [-0.2, 0) is 9.59 Å². The number of carbonyl (C=O) groups is 2. The predicted molar refractivity (Wildman–Crippen MR) is 94.2 cm³/mol. The zero-order chi connectivity index (χ0) is 19.0. The number of halogens is 1. The Balaban J connectivity index is 2.26. The number of para-hydroxylation sites is 2. The normalized spacial score (nSPS) is 17.3. The largest absolute Gasteiger partial charge is 0.506 e. The smallest absolute Gasteiger partial charge is 0.294 e. The molecule has 134 valence electrons. The third-order valence-corrected chi connectivity index (χ3v) is 4.34. The molecule has 0 saturated heterocycles. The summed E-state index contributed by atoms with van der Waals surface area (Å²) in [5.41, 5.74) is -0.0145. The topological polar surface area (TPSA) is 77.8 Å². The third-order valence-electron chi connectivity index (χ3n) is 4.34. The van der Waals surface area contributed by atoms with Gasteiger partial charge in [0.2, 0.25) is 0 Å². The van der Waals surface area contributed by atoms with E-state index in [0.717, 1.165) is 4.90 Å². The van der Waals surface area contributed by atoms with Gasteiger partial charge in [-0.3, -0.25) is 14.5 Å². The van der Waals surface area contributed by atoms with E-state index in [2.05, 4.69) is 0 Å². The first-order valence-electron chi connectivity index (χ1n) is 8.18. The van der Waals surface area contributed by atoms with Crippen molar-refractivity contribution < 1.29 is 24.2 Å². The maximum Gasteiger partial charge on any atom is 0.294 e. The number of rotatable bonds is 4. The number of aliphatic hydroxyl groups excluding tert-OH is 1. The van der Waals surface area contributed by atoms with Crippen molar-refractivity contribution in [3.05, 3.63) is 71.2 Å². The number of anilines is 1. The quantitative estimate of drug-likeness (QED) is 0.877. The first kappa shape index (κ1) is 17.7. The van der Waals surface area contributed by atoms with Crippen LogP contribution in [0.2, 0.25) is 0 Å². The summed E-state index contributed by atoms with van der Waals surface area (Å²) >= 11 is 0. The number of carbonyl (C=O) groups excluding carboxylic acids is 2. The molecule has 2 aromatic carbocycles. The number of Topliss-reactive ketones (excluding diaryl/α,β-unsaturated/α-hetero) is 1. The highest BCUT2D eigenvalue weighted by atomic mass is 19.1. The molecule has 2 aromatic rings. The minimum atomic E-state index is -1.16. The summed E-state index contributed by atoms with van der Waals surface area (Å²) in [5.74, 6) is -3.37. The van der Waals surface area contributed by atoms with Gasteiger partial charge in [0.15, 0.2) is 11.5 Å². The van der Waals surface area contributed by atoms with Crippen molar-refractivity contribution in [1.82, 2.24) is 0 Å². The van der Waals surface area contributed by atoms with Crippen molar-refractivity contribution in [3.63, 3.8) is 0 Å². The van der Waals surface area contributed by atoms with Crippen LogP contribution < -0.4 is 4.90 Å². The Bertz CT molecular complexity index is 920. The summed E-state index contributed by atoms with van der Waals surface area (Å²) < 4.78 is 14.5. The molecular formula is C20H18FNO4. The molecule has 0 fully saturated rings. The molecule has 1 atom stereocenters. The molecule has 1 unspecified atom stereocenters. The fraction of sp³-hybridized carbons (Fsp3) is 0.200. The Morgan fingerprint density at radius 3 is 2.31 bits per heavy atom. The number of phenolic OH excluding ortho intramolecular Hbond substituents is 1. The predicted octanol–water partition coefficient (Wildman–Crippen LogP) is 3.66. The van der Waals surface area contributed by atoms with Gasteiger partial charge in [-0.05, 0) is 18.2 Å². The van der Waals surface area contributed by atoms with Gasteiger partial charge in [0.25, 0.3) is 5.91 Å². The molecule has 0 bridgehead atoms. The number of amides is 1. The van der Waals surface area contributed by atoms with Crippen LogP contribution in [0.25, 0.3) is 0 Å². The van der Waals surface area contributed by atoms with E-state index >= 15 is 0 Å². The maximum atomic E-state index is 14.5. The first-order valence-corrected chi connectivity index (χ1v) is 8.18. The summed E-state index contributed by atoms with van der Waals surface area (Å²) in [5, 5.41) is 20.6. The van der Waals surface area contributed by atoms with E-state index in [1.807, 2.05) is 0 Å². The highest BCUT2D eigenvalue weighted by Crippen LogP contribution is 2.44. The van der Waals surface area contributed by atoms with Crippen LogP contribution >= 0.6 is 0 Å². The lowest BCUT2D eigenvalue weighted by molar-refractivity contribution is -0.119. The fourth-order valence-corrected chi connectivity index (χ4v) is 3.08. The van der Waals surface area contributed by atoms with E-state index in [-0.39, 0.29) is 22.6 Å². The Kier molecular flexibility index (Phi) is 4.50. The molecule has 2 N–H and O–H groups in total. The summed E-state index contributed by atoms with van der Waals surface area (Å²) in [6.07, 6.45) is 0. The zero-order valence-corrected chi connectivity index (χ0v) is 14.3. The standard InChI is InChI=1S/C20H18FNO4/c1-11(2)18(24)16-17(12-7-3-4-8-13(12)21)22(20(26)19(16)25)14-9-5-6-10-15(14)23/h3-11,17,23,25H,1-2H3. The average molecular weight is 355 g/mol. The second-order valence-electron chi connectivity index (χ2n) is 6.37. The van der Waals surface area contributed by atoms with Crippen molar-refractivity contribution in [1.29, 1.82) is 0 Å². The van der Waals surface area contributed by atoms with Gasteiger partial charge in [0, 0.05) is 11.5 Å². The molecule has 0 saturated carbocycles. The molecule has 3 rings (SSSR count). The van der Waals surface area contributed by atoms with Gasteiger partial charge in [0.05, 0.1) is 17.3 Å². The van der Waals surface area contributed by atoms with Gasteiger partial charge < -0.3 is 10.2 Å². The van der Waals surface area contributed by atoms with Gasteiger partial charge >= 0.3 is 0 Å². The molecule has 0 spiro atoms. The summed E-state index contributed by atoms with van der Waals surface area (Å²) in [6.45, 7) is 3.27. The van der Waals surface area contributed by atoms with Gasteiger partial charge in [0.1, 0.15) is 11.6 Å². The maximum absolute atomic E-state index is 14.5. The number of benzene rings is 2. The molecule has 1 heterocycles. The number of aromatic hydroxyl groups is 1. The lowest BCUT2D eigenvalue weighted by Crippen LogP contribution is -2.32. The molecule has 26 heavy (non-hydrogen) atoms. The van der Waals surface area contributed by atoms with E-state index in [1.165, 1.54) is 30.3 Å². The number of hydrogen-bond acceptors (Lipinski definition) is 4. The lowest BCUT2D eigenvalue weighted by atomic mass is 9.91. The summed E-state index contributed by atoms with van der Waals surface area (Å²) in [7, 11) is 0. The molecule has 1 aliphatic heterocycles. The highest BCUT2D eigenvalue weighted by Gasteiger charge is 2.46. The zero-order valence-electron chi connectivity index (χ0n) is 14.3. The van der Waals surface area contributed by atoms with Crippen molar-refractivity contribution in [2.45, 2.75) is 19.9 Å². The minimum absolute atomic E-state index is 0.0668. The Morgan fingerprint density at radius 1 is 1.08 bits per heavy atom. The average Bonchev–Trinajstić information content (AvgIpc) is 2.86. The molecule has 1 aliphatic rings. The van der Waals surface area contributed by atoms with Gasteiger partial charge in [-0.1, -0.05) is 44.2 Å². The van der Waals surface area contributed by atoms with Crippen LogP contribution in [-0.4, -0.2) is 21.9 Å². The summed E-state index contributed by atoms with van der Waals surface area (Å²) in [4.78, 5) is 26.5. The van der Waals surface area contributed by atoms with Gasteiger partial charge in [-0.2, -0.15) is 0 Å². The van der Waals surface area contributed by atoms with Gasteiger partial charge in [-0.25, -0.2) is 4.39 Å². The number of nitrogens with zero attached hydrogens (tertiary/aromatic N) is 1. The molecule has 6 heteroatoms. The first-order chi connectivity index (χ1) is 12.3. The molecule has 0 aromatic heterocycles. The highest BCUT2D eigenvalue weighted by molar-refractivity contribution is 6.17. The third kappa shape index (κ3) is 2.73. The molecule has 1 amide bonds. The van der Waals surface area contributed by atoms with Crippen LogP contribution in [0, 0.1) is 11.7 Å². The number of ketones is 1. The van der Waals surface area contributed by atoms with E-state index in [4.69, 9.17) is 0 Å². The van der Waals surface area contributed by atoms with E-state index in [1.54, 1.807) is 32.0 Å².